The Morgan fingerprint density at radius 1 is 1.33 bits per heavy atom. The highest BCUT2D eigenvalue weighted by molar-refractivity contribution is 7.94. The number of rotatable bonds is 4. The SMILES string of the molecule is CC(=O)Nc1nnc(S(=O)(=O)Nc2ccc(C)c(Cl)c2)s1. The number of hydrogen-bond donors (Lipinski definition) is 2. The zero-order valence-electron chi connectivity index (χ0n) is 11.0. The van der Waals surface area contributed by atoms with Crippen molar-refractivity contribution in [2.45, 2.75) is 18.2 Å². The number of aryl methyl sites for hydroxylation is 1. The van der Waals surface area contributed by atoms with Crippen LogP contribution in [0.4, 0.5) is 10.8 Å². The number of nitrogens with zero attached hydrogens (tertiary/aromatic N) is 2. The minimum absolute atomic E-state index is 0.116. The Hall–Kier alpha value is -1.71. The molecule has 0 aliphatic carbocycles. The van der Waals surface area contributed by atoms with E-state index in [-0.39, 0.29) is 15.4 Å². The van der Waals surface area contributed by atoms with Crippen LogP contribution in [-0.4, -0.2) is 24.5 Å². The first-order valence-corrected chi connectivity index (χ1v) is 8.36. The van der Waals surface area contributed by atoms with Crippen LogP contribution in [0, 0.1) is 6.92 Å². The highest BCUT2D eigenvalue weighted by Crippen LogP contribution is 2.25. The molecule has 0 spiro atoms. The third-order valence-corrected chi connectivity index (χ3v) is 5.34. The second-order valence-corrected chi connectivity index (χ2v) is 7.36. The summed E-state index contributed by atoms with van der Waals surface area (Å²) in [5.41, 5.74) is 1.16. The van der Waals surface area contributed by atoms with E-state index in [1.54, 1.807) is 12.1 Å². The van der Waals surface area contributed by atoms with Crippen LogP contribution in [0.1, 0.15) is 12.5 Å². The molecular formula is C11H11ClN4O3S2. The summed E-state index contributed by atoms with van der Waals surface area (Å²) in [5.74, 6) is -0.353. The van der Waals surface area contributed by atoms with Crippen molar-refractivity contribution in [1.82, 2.24) is 10.2 Å². The highest BCUT2D eigenvalue weighted by atomic mass is 35.5. The average molecular weight is 347 g/mol. The van der Waals surface area contributed by atoms with Gasteiger partial charge in [0.25, 0.3) is 14.4 Å². The van der Waals surface area contributed by atoms with Crippen LogP contribution in [0.2, 0.25) is 5.02 Å². The van der Waals surface area contributed by atoms with E-state index in [9.17, 15) is 13.2 Å². The topological polar surface area (TPSA) is 101 Å². The van der Waals surface area contributed by atoms with E-state index in [0.29, 0.717) is 10.7 Å². The number of carbonyl (C=O) groups excluding carboxylic acids is 1. The maximum atomic E-state index is 12.1. The molecular weight excluding hydrogens is 336 g/mol. The van der Waals surface area contributed by atoms with Crippen molar-refractivity contribution >= 4 is 49.7 Å². The van der Waals surface area contributed by atoms with Crippen molar-refractivity contribution in [1.29, 1.82) is 0 Å². The molecule has 7 nitrogen and oxygen atoms in total. The summed E-state index contributed by atoms with van der Waals surface area (Å²) in [7, 11) is -3.87. The molecule has 2 N–H and O–H groups in total. The van der Waals surface area contributed by atoms with Crippen LogP contribution in [0.5, 0.6) is 0 Å². The Bertz CT molecular complexity index is 789. The van der Waals surface area contributed by atoms with Gasteiger partial charge in [-0.1, -0.05) is 29.0 Å². The van der Waals surface area contributed by atoms with Crippen LogP contribution in [0.25, 0.3) is 0 Å². The zero-order chi connectivity index (χ0) is 15.6. The first-order valence-electron chi connectivity index (χ1n) is 5.68. The minimum Gasteiger partial charge on any atom is -0.301 e. The first-order chi connectivity index (χ1) is 9.78. The highest BCUT2D eigenvalue weighted by Gasteiger charge is 2.21. The fourth-order valence-corrected chi connectivity index (χ4v) is 3.55. The molecule has 1 aromatic carbocycles. The van der Waals surface area contributed by atoms with Gasteiger partial charge in [0, 0.05) is 11.9 Å². The minimum atomic E-state index is -3.87. The summed E-state index contributed by atoms with van der Waals surface area (Å²) in [6.07, 6.45) is 0. The smallest absolute Gasteiger partial charge is 0.291 e. The molecule has 2 aromatic rings. The van der Waals surface area contributed by atoms with Crippen LogP contribution in [0.15, 0.2) is 22.5 Å². The maximum absolute atomic E-state index is 12.1. The number of carbonyl (C=O) groups is 1. The average Bonchev–Trinajstić information content (AvgIpc) is 2.82. The molecule has 2 rings (SSSR count). The Morgan fingerprint density at radius 3 is 2.67 bits per heavy atom. The van der Waals surface area contributed by atoms with Crippen LogP contribution in [0.3, 0.4) is 0 Å². The van der Waals surface area contributed by atoms with E-state index in [1.165, 1.54) is 13.0 Å². The van der Waals surface area contributed by atoms with Gasteiger partial charge in [0.05, 0.1) is 5.69 Å². The maximum Gasteiger partial charge on any atom is 0.291 e. The van der Waals surface area contributed by atoms with Gasteiger partial charge >= 0.3 is 0 Å². The van der Waals surface area contributed by atoms with E-state index in [1.807, 2.05) is 6.92 Å². The van der Waals surface area contributed by atoms with Gasteiger partial charge in [-0.3, -0.25) is 9.52 Å². The second-order valence-electron chi connectivity index (χ2n) is 4.12. The van der Waals surface area contributed by atoms with Crippen LogP contribution in [-0.2, 0) is 14.8 Å². The molecule has 0 saturated heterocycles. The third-order valence-electron chi connectivity index (χ3n) is 2.34. The van der Waals surface area contributed by atoms with E-state index in [2.05, 4.69) is 20.2 Å². The van der Waals surface area contributed by atoms with Crippen LogP contribution >= 0.6 is 22.9 Å². The van der Waals surface area contributed by atoms with Gasteiger partial charge < -0.3 is 5.32 Å². The van der Waals surface area contributed by atoms with Gasteiger partial charge in [-0.05, 0) is 24.6 Å². The van der Waals surface area contributed by atoms with Crippen molar-refractivity contribution < 1.29 is 13.2 Å². The lowest BCUT2D eigenvalue weighted by Gasteiger charge is -2.06. The number of anilines is 2. The van der Waals surface area contributed by atoms with Gasteiger partial charge in [-0.25, -0.2) is 0 Å². The molecule has 0 aliphatic rings. The van der Waals surface area contributed by atoms with E-state index < -0.39 is 10.0 Å². The normalized spacial score (nSPS) is 11.2. The van der Waals surface area contributed by atoms with Gasteiger partial charge in [0.2, 0.25) is 11.0 Å². The molecule has 0 fully saturated rings. The summed E-state index contributed by atoms with van der Waals surface area (Å²) in [6, 6.07) is 4.79. The van der Waals surface area contributed by atoms with Crippen molar-refractivity contribution in [2.75, 3.05) is 10.0 Å². The fraction of sp³-hybridized carbons (Fsp3) is 0.182. The van der Waals surface area contributed by atoms with E-state index in [0.717, 1.165) is 16.9 Å². The number of nitrogens with one attached hydrogen (secondary N) is 2. The summed E-state index contributed by atoms with van der Waals surface area (Å²) < 4.78 is 26.4. The molecule has 0 radical (unpaired) electrons. The van der Waals surface area contributed by atoms with Gasteiger partial charge in [0.1, 0.15) is 0 Å². The van der Waals surface area contributed by atoms with Gasteiger partial charge in [-0.2, -0.15) is 8.42 Å². The van der Waals surface area contributed by atoms with Crippen molar-refractivity contribution in [3.05, 3.63) is 28.8 Å². The number of amides is 1. The Balaban J connectivity index is 2.23. The largest absolute Gasteiger partial charge is 0.301 e. The molecule has 1 heterocycles. The molecule has 0 atom stereocenters. The Morgan fingerprint density at radius 2 is 2.05 bits per heavy atom. The molecule has 0 bridgehead atoms. The summed E-state index contributed by atoms with van der Waals surface area (Å²) in [4.78, 5) is 10.9. The van der Waals surface area contributed by atoms with Gasteiger partial charge in [-0.15, -0.1) is 10.2 Å². The molecule has 1 amide bonds. The molecule has 10 heteroatoms. The number of aromatic nitrogens is 2. The lowest BCUT2D eigenvalue weighted by atomic mass is 10.2. The molecule has 112 valence electrons. The first kappa shape index (κ1) is 15.7. The van der Waals surface area contributed by atoms with Crippen molar-refractivity contribution in [3.8, 4) is 0 Å². The predicted molar refractivity (Wildman–Crippen MR) is 81.2 cm³/mol. The summed E-state index contributed by atoms with van der Waals surface area (Å²) in [6.45, 7) is 3.10. The monoisotopic (exact) mass is 346 g/mol. The zero-order valence-corrected chi connectivity index (χ0v) is 13.4. The molecule has 0 saturated carbocycles. The summed E-state index contributed by atoms with van der Waals surface area (Å²) >= 11 is 6.70. The molecule has 0 unspecified atom stereocenters. The van der Waals surface area contributed by atoms with Crippen LogP contribution < -0.4 is 10.0 Å². The summed E-state index contributed by atoms with van der Waals surface area (Å²) in [5, 5.41) is 10.1. The molecule has 21 heavy (non-hydrogen) atoms. The number of sulfonamides is 1. The lowest BCUT2D eigenvalue weighted by Crippen LogP contribution is -2.12. The lowest BCUT2D eigenvalue weighted by molar-refractivity contribution is -0.114. The number of halogens is 1. The molecule has 0 aliphatic heterocycles. The predicted octanol–water partition coefficient (Wildman–Crippen LogP) is 2.26. The molecule has 1 aromatic heterocycles. The number of hydrogen-bond acceptors (Lipinski definition) is 6. The fourth-order valence-electron chi connectivity index (χ4n) is 1.37. The van der Waals surface area contributed by atoms with Crippen molar-refractivity contribution in [2.24, 2.45) is 0 Å². The quantitative estimate of drug-likeness (QED) is 0.827. The van der Waals surface area contributed by atoms with Crippen molar-refractivity contribution in [3.63, 3.8) is 0 Å². The Kier molecular flexibility index (Phi) is 4.45. The third kappa shape index (κ3) is 3.90. The van der Waals surface area contributed by atoms with E-state index in [4.69, 9.17) is 11.6 Å². The van der Waals surface area contributed by atoms with E-state index >= 15 is 0 Å². The number of benzene rings is 1. The standard InChI is InChI=1S/C11H11ClN4O3S2/c1-6-3-4-8(5-9(6)12)16-21(18,19)11-15-14-10(20-11)13-7(2)17/h3-5,16H,1-2H3,(H,13,14,17). The second kappa shape index (κ2) is 5.96. The van der Waals surface area contributed by atoms with Gasteiger partial charge in [0.15, 0.2) is 0 Å². The Labute approximate surface area is 130 Å².